The monoisotopic (exact) mass is 877 g/mol. The van der Waals surface area contributed by atoms with Crippen LogP contribution in [0.4, 0.5) is 4.79 Å². The van der Waals surface area contributed by atoms with Crippen molar-refractivity contribution in [1.82, 2.24) is 36.6 Å². The maximum atomic E-state index is 12.9. The van der Waals surface area contributed by atoms with Gasteiger partial charge in [-0.1, -0.05) is 58.9 Å². The molecule has 0 bridgehead atoms. The van der Waals surface area contributed by atoms with E-state index in [1.807, 2.05) is 20.0 Å². The molecule has 1 heterocycles. The minimum absolute atomic E-state index is 0.00589. The van der Waals surface area contributed by atoms with Crippen LogP contribution in [0.5, 0.6) is 0 Å². The number of rotatable bonds is 26. The molecule has 1 aromatic carbocycles. The van der Waals surface area contributed by atoms with Crippen LogP contribution in [0, 0.1) is 23.2 Å². The Labute approximate surface area is 373 Å². The molecule has 6 amide bonds. The van der Waals surface area contributed by atoms with Crippen molar-refractivity contribution in [2.45, 2.75) is 111 Å². The minimum atomic E-state index is -0.676. The predicted octanol–water partition coefficient (Wildman–Crippen LogP) is 2.20. The van der Waals surface area contributed by atoms with Gasteiger partial charge in [0.2, 0.25) is 23.6 Å². The third-order valence-electron chi connectivity index (χ3n) is 10.5. The van der Waals surface area contributed by atoms with E-state index < -0.39 is 29.9 Å². The summed E-state index contributed by atoms with van der Waals surface area (Å²) in [6.45, 7) is 10.5. The topological polar surface area (TPSA) is 235 Å². The van der Waals surface area contributed by atoms with E-state index in [1.54, 1.807) is 7.05 Å². The number of amides is 6. The fraction of sp³-hybridized carbons (Fsp3) is 0.628. The molecule has 1 saturated carbocycles. The maximum Gasteiger partial charge on any atom is 0.396 e. The number of ether oxygens (including phenoxy) is 3. The van der Waals surface area contributed by atoms with Gasteiger partial charge in [-0.25, -0.2) is 4.79 Å². The Morgan fingerprint density at radius 1 is 0.905 bits per heavy atom. The first-order chi connectivity index (χ1) is 30.1. The second kappa shape index (κ2) is 27.7. The van der Waals surface area contributed by atoms with E-state index in [9.17, 15) is 33.6 Å². The number of hydrogen-bond donors (Lipinski definition) is 6. The number of nitrogens with one attached hydrogen (secondary N) is 6. The summed E-state index contributed by atoms with van der Waals surface area (Å²) in [5, 5.41) is 17.0. The molecule has 1 aliphatic heterocycles. The lowest BCUT2D eigenvalue weighted by Crippen LogP contribution is -2.44. The molecule has 2 radical (unpaired) electrons. The molecule has 2 aliphatic rings. The number of nitrogens with zero attached hydrogens (tertiary/aromatic N) is 2. The van der Waals surface area contributed by atoms with Gasteiger partial charge in [-0.15, -0.1) is 0 Å². The first kappa shape index (κ1) is 52.1. The Morgan fingerprint density at radius 3 is 2.19 bits per heavy atom. The largest absolute Gasteiger partial charge is 0.447 e. The van der Waals surface area contributed by atoms with Crippen LogP contribution in [-0.4, -0.2) is 120 Å². The van der Waals surface area contributed by atoms with Crippen LogP contribution >= 0.6 is 0 Å². The normalized spacial score (nSPS) is 17.0. The first-order valence-corrected chi connectivity index (χ1v) is 21.7. The lowest BCUT2D eigenvalue weighted by atomic mass is 9.80. The van der Waals surface area contributed by atoms with Crippen molar-refractivity contribution in [2.24, 2.45) is 28.3 Å². The van der Waals surface area contributed by atoms with Crippen LogP contribution < -0.4 is 31.7 Å². The number of carbonyl (C=O) groups is 7. The Morgan fingerprint density at radius 2 is 1.57 bits per heavy atom. The molecule has 18 nitrogen and oxygen atoms in total. The summed E-state index contributed by atoms with van der Waals surface area (Å²) in [5.41, 5.74) is 7.95. The summed E-state index contributed by atoms with van der Waals surface area (Å²) in [6.07, 6.45) is 6.89. The van der Waals surface area contributed by atoms with Crippen LogP contribution in [0.2, 0.25) is 0 Å². The van der Waals surface area contributed by atoms with Crippen molar-refractivity contribution < 1.29 is 47.8 Å². The summed E-state index contributed by atoms with van der Waals surface area (Å²) < 4.78 is 17.0. The number of benzene rings is 1. The van der Waals surface area contributed by atoms with E-state index in [0.717, 1.165) is 52.1 Å². The molecule has 1 aromatic rings. The lowest BCUT2D eigenvalue weighted by Gasteiger charge is -2.30. The van der Waals surface area contributed by atoms with Crippen molar-refractivity contribution in [3.63, 3.8) is 0 Å². The lowest BCUT2D eigenvalue weighted by molar-refractivity contribution is -0.137. The highest BCUT2D eigenvalue weighted by Gasteiger charge is 2.29. The van der Waals surface area contributed by atoms with Gasteiger partial charge in [-0.2, -0.15) is 5.10 Å². The van der Waals surface area contributed by atoms with Crippen LogP contribution in [0.15, 0.2) is 41.1 Å². The summed E-state index contributed by atoms with van der Waals surface area (Å²) in [7, 11) is 3.79. The predicted molar refractivity (Wildman–Crippen MR) is 238 cm³/mol. The van der Waals surface area contributed by atoms with Gasteiger partial charge < -0.3 is 50.1 Å². The highest BCUT2D eigenvalue weighted by atomic mass is 16.6. The second-order valence-electron chi connectivity index (χ2n) is 17.4. The smallest absolute Gasteiger partial charge is 0.396 e. The molecule has 344 valence electrons. The van der Waals surface area contributed by atoms with Crippen molar-refractivity contribution in [2.75, 3.05) is 40.0 Å². The fourth-order valence-electron chi connectivity index (χ4n) is 7.22. The summed E-state index contributed by atoms with van der Waals surface area (Å²) >= 11 is 0. The van der Waals surface area contributed by atoms with Crippen molar-refractivity contribution in [3.05, 3.63) is 47.2 Å². The standard InChI is InChI=1S/C43H66B2N8O10/c1-29(2)35(17-21-54)41(59)53(6)20-16-37(56)48-33(26-61-22-18-38(57)49-44-46-28-55)27-62-23-19-39(58)50-45-51-42(60)63-34-8-7-9-36-32(14-15-34)25-47-52-40(36)31-12-10-30(11-13-31)24-43(3,4)5/h10-13,21,25,28-29,33-36,47H,7-9,14-20,22-24,26-27H2,1-6H3,(H,46,55)(H,48,56)(H,49,57)(H,50,58)(H,51,60). The molecule has 1 aliphatic carbocycles. The SMILES string of the molecule is CC(C)C(CC=O)C(=O)N(C)CCC(=O)NC(COCCC(=O)N[B]NC=O)COCCC(=O)N[B]NC(=O)OC1CCCC2C(=CNN=C2c2ccc(CC(C)(C)C)cc2)CC1. The zero-order valence-electron chi connectivity index (χ0n) is 37.7. The van der Waals surface area contributed by atoms with E-state index in [4.69, 9.17) is 14.2 Å². The third-order valence-corrected chi connectivity index (χ3v) is 10.5. The van der Waals surface area contributed by atoms with Gasteiger partial charge >= 0.3 is 21.2 Å². The Bertz CT molecular complexity index is 1720. The molecule has 0 saturated heterocycles. The van der Waals surface area contributed by atoms with Gasteiger partial charge in [0.15, 0.2) is 6.41 Å². The number of hydrogen-bond acceptors (Lipinski definition) is 12. The number of fused-ring (bicyclic) bond motifs is 1. The van der Waals surface area contributed by atoms with Crippen LogP contribution in [0.25, 0.3) is 0 Å². The highest BCUT2D eigenvalue weighted by Crippen LogP contribution is 2.33. The first-order valence-electron chi connectivity index (χ1n) is 21.7. The average Bonchev–Trinajstić information content (AvgIpc) is 3.22. The molecule has 4 unspecified atom stereocenters. The van der Waals surface area contributed by atoms with E-state index >= 15 is 0 Å². The van der Waals surface area contributed by atoms with Gasteiger partial charge in [0, 0.05) is 57.3 Å². The number of hydrazone groups is 1. The molecule has 63 heavy (non-hydrogen) atoms. The van der Waals surface area contributed by atoms with Gasteiger partial charge in [0.1, 0.15) is 12.4 Å². The Hall–Kier alpha value is -5.23. The van der Waals surface area contributed by atoms with Gasteiger partial charge in [-0.3, -0.25) is 29.4 Å². The molecule has 0 spiro atoms. The third kappa shape index (κ3) is 20.2. The molecule has 4 atom stereocenters. The summed E-state index contributed by atoms with van der Waals surface area (Å²) in [6, 6.07) is 8.01. The molecule has 20 heteroatoms. The average molecular weight is 877 g/mol. The van der Waals surface area contributed by atoms with E-state index in [0.29, 0.717) is 25.5 Å². The highest BCUT2D eigenvalue weighted by molar-refractivity contribution is 6.38. The quantitative estimate of drug-likeness (QED) is 0.0449. The summed E-state index contributed by atoms with van der Waals surface area (Å²) in [5.74, 6) is -1.78. The molecule has 3 rings (SSSR count). The maximum absolute atomic E-state index is 12.9. The molecule has 1 fully saturated rings. The Kier molecular flexibility index (Phi) is 23.0. The second-order valence-corrected chi connectivity index (χ2v) is 17.4. The minimum Gasteiger partial charge on any atom is -0.447 e. The number of aldehydes is 1. The van der Waals surface area contributed by atoms with Gasteiger partial charge in [-0.05, 0) is 66.6 Å². The fourth-order valence-corrected chi connectivity index (χ4v) is 7.22. The Balaban J connectivity index is 1.38. The molecule has 0 aromatic heterocycles. The van der Waals surface area contributed by atoms with Gasteiger partial charge in [0.25, 0.3) is 0 Å². The molecular formula is C43H66B2N8O10. The van der Waals surface area contributed by atoms with Crippen LogP contribution in [0.3, 0.4) is 0 Å². The number of allylic oxidation sites excluding steroid dienone is 1. The van der Waals surface area contributed by atoms with Gasteiger partial charge in [0.05, 0.1) is 38.2 Å². The molecule has 6 N–H and O–H groups in total. The van der Waals surface area contributed by atoms with Crippen molar-refractivity contribution in [1.29, 1.82) is 0 Å². The van der Waals surface area contributed by atoms with Crippen LogP contribution in [-0.2, 0) is 49.4 Å². The van der Waals surface area contributed by atoms with E-state index in [1.165, 1.54) is 16.0 Å². The molecular weight excluding hydrogens is 810 g/mol. The van der Waals surface area contributed by atoms with Crippen LogP contribution in [0.1, 0.15) is 104 Å². The number of carbonyl (C=O) groups excluding carboxylic acids is 7. The van der Waals surface area contributed by atoms with E-state index in [2.05, 4.69) is 81.8 Å². The zero-order valence-corrected chi connectivity index (χ0v) is 37.7. The van der Waals surface area contributed by atoms with E-state index in [-0.39, 0.29) is 93.8 Å². The zero-order chi connectivity index (χ0) is 46.2. The van der Waals surface area contributed by atoms with Crippen molar-refractivity contribution in [3.8, 4) is 0 Å². The van der Waals surface area contributed by atoms with Crippen molar-refractivity contribution >= 4 is 63.2 Å². The summed E-state index contributed by atoms with van der Waals surface area (Å²) in [4.78, 5) is 85.6.